The van der Waals surface area contributed by atoms with Gasteiger partial charge >= 0.3 is 12.2 Å². The lowest BCUT2D eigenvalue weighted by molar-refractivity contribution is -0.124. The molecule has 1 aliphatic carbocycles. The van der Waals surface area contributed by atoms with Crippen molar-refractivity contribution in [3.05, 3.63) is 51.6 Å². The highest BCUT2D eigenvalue weighted by Gasteiger charge is 2.46. The van der Waals surface area contributed by atoms with Crippen LogP contribution in [0.3, 0.4) is 0 Å². The minimum absolute atomic E-state index is 0.0219. The van der Waals surface area contributed by atoms with Gasteiger partial charge in [-0.05, 0) is 54.3 Å². The lowest BCUT2D eigenvalue weighted by atomic mass is 9.87. The fourth-order valence-corrected chi connectivity index (χ4v) is 6.71. The summed E-state index contributed by atoms with van der Waals surface area (Å²) in [6.07, 6.45) is -3.55. The second-order valence-electron chi connectivity index (χ2n) is 10.0. The van der Waals surface area contributed by atoms with Crippen molar-refractivity contribution in [2.24, 2.45) is 10.9 Å². The van der Waals surface area contributed by atoms with Crippen LogP contribution in [0.2, 0.25) is 5.02 Å². The molecule has 2 heterocycles. The standard InChI is InChI=1S/C26H27Cl2F3N4O5S/c1-3-41(39,40)21-5-4-17(27)8-16(21)12-35-24(37)18-9-20(26(29,30)31)19(22(28)23(18)33-25(35)38)13-34-7-6-15(11-34)10-32-14(2)36/h4-5,8-9,15,22H,3,6-7,10-13H2,1-2H3,(H,32,36)/t15-,22?/m0/s1. The monoisotopic (exact) mass is 634 g/mol. The van der Waals surface area contributed by atoms with E-state index in [-0.39, 0.29) is 50.9 Å². The molecule has 1 fully saturated rings. The zero-order valence-corrected chi connectivity index (χ0v) is 24.4. The second kappa shape index (κ2) is 11.9. The molecule has 1 aromatic carbocycles. The van der Waals surface area contributed by atoms with E-state index in [1.807, 2.05) is 0 Å². The molecule has 1 aromatic rings. The van der Waals surface area contributed by atoms with Crippen LogP contribution in [-0.2, 0) is 26.0 Å². The number of aliphatic imine (C=N–C) groups is 1. The molecule has 1 saturated heterocycles. The second-order valence-corrected chi connectivity index (χ2v) is 13.1. The maximum atomic E-state index is 14.3. The van der Waals surface area contributed by atoms with Crippen LogP contribution >= 0.6 is 23.2 Å². The van der Waals surface area contributed by atoms with Crippen molar-refractivity contribution in [1.29, 1.82) is 0 Å². The third kappa shape index (κ3) is 6.68. The fourth-order valence-electron chi connectivity index (χ4n) is 5.05. The molecule has 0 saturated carbocycles. The summed E-state index contributed by atoms with van der Waals surface area (Å²) in [5.41, 5.74) is -2.10. The predicted molar refractivity (Wildman–Crippen MR) is 147 cm³/mol. The number of carbonyl (C=O) groups is 3. The Morgan fingerprint density at radius 1 is 1.22 bits per heavy atom. The van der Waals surface area contributed by atoms with E-state index in [4.69, 9.17) is 23.2 Å². The zero-order chi connectivity index (χ0) is 30.3. The molecule has 4 amide bonds. The fraction of sp³-hybridized carbons (Fsp3) is 0.462. The highest BCUT2D eigenvalue weighted by Crippen LogP contribution is 2.40. The van der Waals surface area contributed by atoms with Gasteiger partial charge in [0.15, 0.2) is 9.84 Å². The van der Waals surface area contributed by atoms with Crippen LogP contribution in [0, 0.1) is 5.92 Å². The third-order valence-electron chi connectivity index (χ3n) is 7.15. The van der Waals surface area contributed by atoms with Crippen molar-refractivity contribution in [3.63, 3.8) is 0 Å². The average Bonchev–Trinajstić information content (AvgIpc) is 3.34. The number of sulfone groups is 1. The van der Waals surface area contributed by atoms with Gasteiger partial charge in [-0.2, -0.15) is 18.2 Å². The number of nitrogens with zero attached hydrogens (tertiary/aromatic N) is 3. The summed E-state index contributed by atoms with van der Waals surface area (Å²) in [7, 11) is -3.78. The summed E-state index contributed by atoms with van der Waals surface area (Å²) in [5, 5.41) is 1.35. The summed E-state index contributed by atoms with van der Waals surface area (Å²) < 4.78 is 67.9. The molecule has 0 radical (unpaired) electrons. The molecule has 1 unspecified atom stereocenters. The lowest BCUT2D eigenvalue weighted by Crippen LogP contribution is -2.46. The lowest BCUT2D eigenvalue weighted by Gasteiger charge is -2.33. The van der Waals surface area contributed by atoms with E-state index in [0.717, 1.165) is 0 Å². The quantitative estimate of drug-likeness (QED) is 0.434. The van der Waals surface area contributed by atoms with Crippen molar-refractivity contribution < 1.29 is 36.0 Å². The normalized spacial score (nSPS) is 22.1. The van der Waals surface area contributed by atoms with E-state index in [1.54, 1.807) is 4.90 Å². The van der Waals surface area contributed by atoms with Crippen LogP contribution in [0.1, 0.15) is 25.8 Å². The van der Waals surface area contributed by atoms with E-state index in [1.165, 1.54) is 32.0 Å². The Bertz CT molecular complexity index is 1490. The highest BCUT2D eigenvalue weighted by atomic mass is 35.5. The third-order valence-corrected chi connectivity index (χ3v) is 9.69. The summed E-state index contributed by atoms with van der Waals surface area (Å²) in [4.78, 5) is 43.7. The van der Waals surface area contributed by atoms with Gasteiger partial charge in [-0.1, -0.05) is 18.5 Å². The number of halogens is 5. The average molecular weight is 635 g/mol. The van der Waals surface area contributed by atoms with Gasteiger partial charge in [-0.25, -0.2) is 13.2 Å². The smallest absolute Gasteiger partial charge is 0.356 e. The van der Waals surface area contributed by atoms with E-state index in [0.29, 0.717) is 37.0 Å². The van der Waals surface area contributed by atoms with E-state index >= 15 is 0 Å². The van der Waals surface area contributed by atoms with Crippen molar-refractivity contribution in [2.45, 2.75) is 43.3 Å². The van der Waals surface area contributed by atoms with Gasteiger partial charge in [-0.15, -0.1) is 11.6 Å². The number of amides is 4. The molecule has 15 heteroatoms. The number of urea groups is 1. The number of hydrogen-bond acceptors (Lipinski definition) is 6. The summed E-state index contributed by atoms with van der Waals surface area (Å²) >= 11 is 12.5. The number of alkyl halides is 4. The van der Waals surface area contributed by atoms with Gasteiger partial charge in [-0.3, -0.25) is 19.4 Å². The number of likely N-dealkylation sites (tertiary alicyclic amines) is 1. The van der Waals surface area contributed by atoms with Crippen molar-refractivity contribution >= 4 is 56.6 Å². The molecule has 0 bridgehead atoms. The molecule has 2 atom stereocenters. The summed E-state index contributed by atoms with van der Waals surface area (Å²) in [6.45, 7) is 3.35. The Labute approximate surface area is 245 Å². The molecule has 41 heavy (non-hydrogen) atoms. The van der Waals surface area contributed by atoms with Gasteiger partial charge in [0.25, 0.3) is 5.91 Å². The van der Waals surface area contributed by atoms with Crippen molar-refractivity contribution in [3.8, 4) is 0 Å². The van der Waals surface area contributed by atoms with Crippen LogP contribution in [0.15, 0.2) is 50.9 Å². The topological polar surface area (TPSA) is 116 Å². The molecule has 1 N–H and O–H groups in total. The molecule has 222 valence electrons. The Kier molecular flexibility index (Phi) is 9.03. The molecular formula is C26H27Cl2F3N4O5S. The van der Waals surface area contributed by atoms with Crippen LogP contribution < -0.4 is 5.32 Å². The van der Waals surface area contributed by atoms with Crippen LogP contribution in [0.5, 0.6) is 0 Å². The molecule has 4 rings (SSSR count). The van der Waals surface area contributed by atoms with Crippen LogP contribution in [0.4, 0.5) is 18.0 Å². The Balaban J connectivity index is 1.67. The number of carbonyl (C=O) groups excluding carboxylic acids is 3. The summed E-state index contributed by atoms with van der Waals surface area (Å²) in [6, 6.07) is 2.78. The van der Waals surface area contributed by atoms with Gasteiger partial charge in [0.05, 0.1) is 39.4 Å². The van der Waals surface area contributed by atoms with Gasteiger partial charge < -0.3 is 5.32 Å². The molecule has 3 aliphatic rings. The van der Waals surface area contributed by atoms with Gasteiger partial charge in [0.2, 0.25) is 5.91 Å². The van der Waals surface area contributed by atoms with Gasteiger partial charge in [0, 0.05) is 31.6 Å². The molecule has 9 nitrogen and oxygen atoms in total. The minimum atomic E-state index is -4.86. The maximum Gasteiger partial charge on any atom is 0.416 e. The first-order valence-electron chi connectivity index (χ1n) is 12.7. The maximum absolute atomic E-state index is 14.3. The first kappa shape index (κ1) is 31.2. The van der Waals surface area contributed by atoms with E-state index in [2.05, 4.69) is 10.3 Å². The van der Waals surface area contributed by atoms with Crippen LogP contribution in [0.25, 0.3) is 0 Å². The highest BCUT2D eigenvalue weighted by molar-refractivity contribution is 7.91. The SMILES string of the molecule is CCS(=O)(=O)c1ccc(Cl)cc1CN1C(=O)N=C2C(=CC(C(F)(F)F)=C(CN3CC[C@@H](CNC(C)=O)C3)C2Cl)C1=O. The Morgan fingerprint density at radius 2 is 1.93 bits per heavy atom. The Morgan fingerprint density at radius 3 is 2.56 bits per heavy atom. The van der Waals surface area contributed by atoms with Gasteiger partial charge in [0.1, 0.15) is 0 Å². The van der Waals surface area contributed by atoms with E-state index in [9.17, 15) is 36.0 Å². The van der Waals surface area contributed by atoms with Crippen molar-refractivity contribution in [2.75, 3.05) is 31.9 Å². The number of nitrogens with one attached hydrogen (secondary N) is 1. The van der Waals surface area contributed by atoms with E-state index < -0.39 is 51.0 Å². The number of fused-ring (bicyclic) bond motifs is 1. The zero-order valence-electron chi connectivity index (χ0n) is 22.1. The Hall–Kier alpha value is -2.74. The number of imide groups is 1. The number of benzene rings is 1. The van der Waals surface area contributed by atoms with Crippen molar-refractivity contribution in [1.82, 2.24) is 15.1 Å². The predicted octanol–water partition coefficient (Wildman–Crippen LogP) is 3.90. The number of rotatable bonds is 8. The molecule has 2 aliphatic heterocycles. The molecule has 0 aromatic heterocycles. The first-order chi connectivity index (χ1) is 19.1. The summed E-state index contributed by atoms with van der Waals surface area (Å²) in [5.74, 6) is -1.50. The van der Waals surface area contributed by atoms with Crippen LogP contribution in [-0.4, -0.2) is 85.3 Å². The number of hydrogen-bond donors (Lipinski definition) is 1. The minimum Gasteiger partial charge on any atom is -0.356 e. The largest absolute Gasteiger partial charge is 0.416 e. The molecular weight excluding hydrogens is 608 g/mol. The first-order valence-corrected chi connectivity index (χ1v) is 15.2. The number of allylic oxidation sites excluding steroid dienone is 2. The molecule has 0 spiro atoms.